The maximum Gasteiger partial charge on any atom is 0.345 e. The molecule has 1 aliphatic heterocycles. The fraction of sp³-hybridized carbons (Fsp3) is 0.429. The lowest BCUT2D eigenvalue weighted by atomic mass is 10.6. The van der Waals surface area contributed by atoms with Crippen molar-refractivity contribution in [1.82, 2.24) is 9.88 Å². The molecule has 80 valence electrons. The van der Waals surface area contributed by atoms with E-state index in [0.29, 0.717) is 11.1 Å². The normalized spacial score (nSPS) is 15.3. The molecule has 2 heterocycles. The first-order chi connectivity index (χ1) is 7.16. The first kappa shape index (κ1) is 9.84. The number of nitro groups is 1. The third kappa shape index (κ3) is 2.04. The molecule has 8 heteroatoms. The molecule has 1 aromatic heterocycles. The minimum atomic E-state index is -0.455. The number of rotatable bonds is 2. The Bertz CT molecular complexity index is 415. The third-order valence-corrected chi connectivity index (χ3v) is 2.82. The number of thiazole rings is 1. The Morgan fingerprint density at radius 3 is 3.07 bits per heavy atom. The number of nitrogens with zero attached hydrogens (tertiary/aromatic N) is 4. The van der Waals surface area contributed by atoms with Gasteiger partial charge in [-0.25, -0.2) is 4.98 Å². The molecule has 0 saturated carbocycles. The van der Waals surface area contributed by atoms with Gasteiger partial charge in [0.15, 0.2) is 11.1 Å². The Balaban J connectivity index is 2.08. The fourth-order valence-electron chi connectivity index (χ4n) is 1.17. The standard InChI is InChI=1S/C7H9N5O2S/c1-11-3-2-8-6(11)10-7-9-4-5(15-7)12(13)14/h4H,2-3H2,1H3,(H,8,9,10). The highest BCUT2D eigenvalue weighted by atomic mass is 32.1. The Labute approximate surface area is 89.6 Å². The zero-order valence-corrected chi connectivity index (χ0v) is 8.82. The second kappa shape index (κ2) is 3.81. The summed E-state index contributed by atoms with van der Waals surface area (Å²) >= 11 is 1.00. The molecule has 1 N–H and O–H groups in total. The summed E-state index contributed by atoms with van der Waals surface area (Å²) in [5, 5.41) is 13.9. The molecule has 0 fully saturated rings. The summed E-state index contributed by atoms with van der Waals surface area (Å²) in [5.74, 6) is 0.708. The van der Waals surface area contributed by atoms with Crippen LogP contribution in [0.5, 0.6) is 0 Å². The lowest BCUT2D eigenvalue weighted by Crippen LogP contribution is -2.28. The summed E-state index contributed by atoms with van der Waals surface area (Å²) in [7, 11) is 1.90. The maximum atomic E-state index is 10.4. The number of likely N-dealkylation sites (N-methyl/N-ethyl adjacent to an activating group) is 1. The van der Waals surface area contributed by atoms with Crippen molar-refractivity contribution in [1.29, 1.82) is 0 Å². The molecule has 1 aromatic rings. The van der Waals surface area contributed by atoms with E-state index in [-0.39, 0.29) is 5.00 Å². The van der Waals surface area contributed by atoms with Crippen LogP contribution in [-0.2, 0) is 0 Å². The lowest BCUT2D eigenvalue weighted by Gasteiger charge is -2.12. The number of guanidine groups is 1. The van der Waals surface area contributed by atoms with Gasteiger partial charge in [-0.15, -0.1) is 0 Å². The van der Waals surface area contributed by atoms with Crippen molar-refractivity contribution in [2.45, 2.75) is 0 Å². The first-order valence-corrected chi connectivity index (χ1v) is 5.11. The van der Waals surface area contributed by atoms with Gasteiger partial charge >= 0.3 is 5.00 Å². The van der Waals surface area contributed by atoms with Gasteiger partial charge in [-0.2, -0.15) is 0 Å². The van der Waals surface area contributed by atoms with Crippen LogP contribution < -0.4 is 5.32 Å². The molecule has 0 amide bonds. The molecule has 0 saturated heterocycles. The van der Waals surface area contributed by atoms with Gasteiger partial charge in [-0.3, -0.25) is 15.1 Å². The number of anilines is 1. The summed E-state index contributed by atoms with van der Waals surface area (Å²) in [6.07, 6.45) is 1.24. The van der Waals surface area contributed by atoms with E-state index >= 15 is 0 Å². The van der Waals surface area contributed by atoms with E-state index in [2.05, 4.69) is 15.3 Å². The minimum Gasteiger partial charge on any atom is -0.344 e. The zero-order chi connectivity index (χ0) is 10.8. The van der Waals surface area contributed by atoms with E-state index in [9.17, 15) is 10.1 Å². The van der Waals surface area contributed by atoms with Crippen LogP contribution in [0.2, 0.25) is 0 Å². The SMILES string of the molecule is CN1CCN=C1Nc1ncc([N+](=O)[O-])s1. The van der Waals surface area contributed by atoms with Gasteiger partial charge in [0.25, 0.3) is 0 Å². The van der Waals surface area contributed by atoms with Crippen molar-refractivity contribution in [2.24, 2.45) is 4.99 Å². The van der Waals surface area contributed by atoms with Crippen LogP contribution >= 0.6 is 11.3 Å². The topological polar surface area (TPSA) is 83.7 Å². The van der Waals surface area contributed by atoms with Gasteiger partial charge < -0.3 is 10.2 Å². The number of hydrogen-bond donors (Lipinski definition) is 1. The molecule has 2 rings (SSSR count). The molecular weight excluding hydrogens is 218 g/mol. The van der Waals surface area contributed by atoms with Gasteiger partial charge in [0.1, 0.15) is 6.20 Å². The van der Waals surface area contributed by atoms with Gasteiger partial charge in [0.2, 0.25) is 0 Å². The zero-order valence-electron chi connectivity index (χ0n) is 8.01. The average molecular weight is 227 g/mol. The first-order valence-electron chi connectivity index (χ1n) is 4.29. The predicted molar refractivity (Wildman–Crippen MR) is 57.3 cm³/mol. The molecule has 0 radical (unpaired) electrons. The number of hydrogen-bond acceptors (Lipinski definition) is 7. The second-order valence-corrected chi connectivity index (χ2v) is 4.02. The van der Waals surface area contributed by atoms with E-state index in [1.54, 1.807) is 0 Å². The Morgan fingerprint density at radius 2 is 2.53 bits per heavy atom. The summed E-state index contributed by atoms with van der Waals surface area (Å²) < 4.78 is 0. The van der Waals surface area contributed by atoms with Crippen LogP contribution in [0.3, 0.4) is 0 Å². The largest absolute Gasteiger partial charge is 0.345 e. The molecule has 0 unspecified atom stereocenters. The van der Waals surface area contributed by atoms with Crippen molar-refractivity contribution in [3.8, 4) is 0 Å². The molecule has 1 aliphatic rings. The molecule has 0 aliphatic carbocycles. The fourth-order valence-corrected chi connectivity index (χ4v) is 1.80. The molecule has 0 aromatic carbocycles. The lowest BCUT2D eigenvalue weighted by molar-refractivity contribution is -0.380. The van der Waals surface area contributed by atoms with E-state index in [4.69, 9.17) is 0 Å². The highest BCUT2D eigenvalue weighted by Crippen LogP contribution is 2.25. The smallest absolute Gasteiger partial charge is 0.344 e. The van der Waals surface area contributed by atoms with Crippen LogP contribution in [0.15, 0.2) is 11.2 Å². The molecule has 15 heavy (non-hydrogen) atoms. The van der Waals surface area contributed by atoms with E-state index < -0.39 is 4.92 Å². The van der Waals surface area contributed by atoms with Gasteiger partial charge in [0.05, 0.1) is 11.5 Å². The number of aliphatic imine (C=N–C) groups is 1. The van der Waals surface area contributed by atoms with E-state index in [0.717, 1.165) is 24.4 Å². The van der Waals surface area contributed by atoms with Crippen molar-refractivity contribution >= 4 is 27.4 Å². The summed E-state index contributed by atoms with van der Waals surface area (Å²) in [6.45, 7) is 1.60. The Hall–Kier alpha value is -1.70. The van der Waals surface area contributed by atoms with Crippen LogP contribution in [0.25, 0.3) is 0 Å². The monoisotopic (exact) mass is 227 g/mol. The predicted octanol–water partition coefficient (Wildman–Crippen LogP) is 0.765. The number of aromatic nitrogens is 1. The highest BCUT2D eigenvalue weighted by Gasteiger charge is 2.16. The van der Waals surface area contributed by atoms with Crippen LogP contribution in [0.4, 0.5) is 10.1 Å². The summed E-state index contributed by atoms with van der Waals surface area (Å²) in [5.41, 5.74) is 0. The van der Waals surface area contributed by atoms with Crippen LogP contribution in [0.1, 0.15) is 0 Å². The molecule has 0 atom stereocenters. The third-order valence-electron chi connectivity index (χ3n) is 1.95. The van der Waals surface area contributed by atoms with Gasteiger partial charge in [-0.1, -0.05) is 0 Å². The van der Waals surface area contributed by atoms with Crippen molar-refractivity contribution in [3.05, 3.63) is 16.3 Å². The van der Waals surface area contributed by atoms with Crippen molar-refractivity contribution in [3.63, 3.8) is 0 Å². The minimum absolute atomic E-state index is 0.0266. The maximum absolute atomic E-state index is 10.4. The summed E-state index contributed by atoms with van der Waals surface area (Å²) in [6, 6.07) is 0. The van der Waals surface area contributed by atoms with Gasteiger partial charge in [0, 0.05) is 13.6 Å². The van der Waals surface area contributed by atoms with E-state index in [1.807, 2.05) is 11.9 Å². The molecular formula is C7H9N5O2S. The van der Waals surface area contributed by atoms with E-state index in [1.165, 1.54) is 6.20 Å². The Kier molecular flexibility index (Phi) is 2.50. The van der Waals surface area contributed by atoms with Crippen LogP contribution in [0, 0.1) is 10.1 Å². The Morgan fingerprint density at radius 1 is 1.73 bits per heavy atom. The summed E-state index contributed by atoms with van der Waals surface area (Å²) in [4.78, 5) is 20.0. The van der Waals surface area contributed by atoms with Crippen LogP contribution in [-0.4, -0.2) is 40.9 Å². The molecule has 0 bridgehead atoms. The highest BCUT2D eigenvalue weighted by molar-refractivity contribution is 7.18. The van der Waals surface area contributed by atoms with Crippen molar-refractivity contribution < 1.29 is 4.92 Å². The average Bonchev–Trinajstić information content (AvgIpc) is 2.77. The van der Waals surface area contributed by atoms with Gasteiger partial charge in [-0.05, 0) is 11.3 Å². The number of nitrogens with one attached hydrogen (secondary N) is 1. The quantitative estimate of drug-likeness (QED) is 0.595. The molecule has 7 nitrogen and oxygen atoms in total. The second-order valence-electron chi connectivity index (χ2n) is 3.01. The molecule has 0 spiro atoms. The van der Waals surface area contributed by atoms with Crippen molar-refractivity contribution in [2.75, 3.05) is 25.5 Å².